The first-order valence-electron chi connectivity index (χ1n) is 7.73. The Balaban J connectivity index is 1.97. The van der Waals surface area contributed by atoms with E-state index in [4.69, 9.17) is 0 Å². The molecule has 1 N–H and O–H groups in total. The Hall–Kier alpha value is -1.14. The van der Waals surface area contributed by atoms with Gasteiger partial charge in [-0.25, -0.2) is 8.42 Å². The molecule has 0 atom stereocenters. The molecule has 1 amide bonds. The molecule has 1 aromatic heterocycles. The number of nitrogens with one attached hydrogen (secondary N) is 1. The van der Waals surface area contributed by atoms with Crippen molar-refractivity contribution in [2.24, 2.45) is 0 Å². The summed E-state index contributed by atoms with van der Waals surface area (Å²) in [6.45, 7) is 1.77. The maximum atomic E-state index is 12.6. The molecule has 26 heavy (non-hydrogen) atoms. The molecule has 2 rings (SSSR count). The van der Waals surface area contributed by atoms with Gasteiger partial charge in [0, 0.05) is 17.7 Å². The lowest BCUT2D eigenvalue weighted by Gasteiger charge is -2.16. The van der Waals surface area contributed by atoms with Crippen molar-refractivity contribution in [2.75, 3.05) is 30.9 Å². The fourth-order valence-corrected chi connectivity index (χ4v) is 5.11. The molecule has 0 fully saturated rings. The van der Waals surface area contributed by atoms with Gasteiger partial charge in [0.05, 0.1) is 11.4 Å². The first-order valence-corrected chi connectivity index (χ1v) is 12.2. The van der Waals surface area contributed by atoms with E-state index < -0.39 is 15.9 Å². The summed E-state index contributed by atoms with van der Waals surface area (Å²) >= 11 is 4.38. The van der Waals surface area contributed by atoms with Gasteiger partial charge in [0.2, 0.25) is 21.1 Å². The number of amides is 1. The van der Waals surface area contributed by atoms with Crippen molar-refractivity contribution in [3.8, 4) is 0 Å². The summed E-state index contributed by atoms with van der Waals surface area (Å²) in [4.78, 5) is 13.3. The van der Waals surface area contributed by atoms with Crippen molar-refractivity contribution < 1.29 is 13.2 Å². The van der Waals surface area contributed by atoms with Gasteiger partial charge in [-0.3, -0.25) is 10.1 Å². The highest BCUT2D eigenvalue weighted by Gasteiger charge is 2.23. The molecule has 1 heterocycles. The summed E-state index contributed by atoms with van der Waals surface area (Å²) in [5.41, 5.74) is 0. The number of carbonyl (C=O) groups is 1. The van der Waals surface area contributed by atoms with Gasteiger partial charge in [0.25, 0.3) is 0 Å². The van der Waals surface area contributed by atoms with Gasteiger partial charge in [-0.15, -0.1) is 22.0 Å². The van der Waals surface area contributed by atoms with E-state index in [9.17, 15) is 13.2 Å². The second-order valence-electron chi connectivity index (χ2n) is 5.21. The summed E-state index contributed by atoms with van der Waals surface area (Å²) in [6, 6.07) is 6.56. The van der Waals surface area contributed by atoms with Crippen LogP contribution < -0.4 is 5.32 Å². The van der Waals surface area contributed by atoms with Crippen molar-refractivity contribution in [1.29, 1.82) is 0 Å². The third kappa shape index (κ3) is 5.68. The maximum absolute atomic E-state index is 12.6. The Kier molecular flexibility index (Phi) is 7.89. The lowest BCUT2D eigenvalue weighted by atomic mass is 10.4. The molecule has 0 aliphatic heterocycles. The molecular weight excluding hydrogens is 412 g/mol. The minimum Gasteiger partial charge on any atom is -0.299 e. The number of sulfonamides is 1. The monoisotopic (exact) mass is 432 g/mol. The smallest absolute Gasteiger partial charge is 0.243 e. The third-order valence-electron chi connectivity index (χ3n) is 3.22. The Bertz CT molecular complexity index is 837. The summed E-state index contributed by atoms with van der Waals surface area (Å²) < 4.78 is 26.9. The fourth-order valence-electron chi connectivity index (χ4n) is 1.88. The number of likely N-dealkylation sites (N-methyl/N-ethyl adjacent to an activating group) is 1. The lowest BCUT2D eigenvalue weighted by Crippen LogP contribution is -2.34. The highest BCUT2D eigenvalue weighted by Crippen LogP contribution is 2.26. The van der Waals surface area contributed by atoms with E-state index in [0.29, 0.717) is 5.13 Å². The molecule has 0 aliphatic carbocycles. The number of anilines is 1. The first-order chi connectivity index (χ1) is 12.4. The first kappa shape index (κ1) is 21.2. The number of hydrogen-bond acceptors (Lipinski definition) is 8. The summed E-state index contributed by atoms with van der Waals surface area (Å²) in [5.74, 6) is 0.471. The molecular formula is C15H20N4O3S4. The average molecular weight is 433 g/mol. The van der Waals surface area contributed by atoms with Crippen molar-refractivity contribution in [2.45, 2.75) is 27.5 Å². The zero-order valence-electron chi connectivity index (χ0n) is 14.6. The van der Waals surface area contributed by atoms with Gasteiger partial charge in [-0.05, 0) is 36.9 Å². The van der Waals surface area contributed by atoms with E-state index in [2.05, 4.69) is 22.4 Å². The fraction of sp³-hybridized carbons (Fsp3) is 0.400. The molecule has 7 nitrogen and oxygen atoms in total. The minimum absolute atomic E-state index is 0.153. The Morgan fingerprint density at radius 3 is 2.58 bits per heavy atom. The number of nitrogens with zero attached hydrogens (tertiary/aromatic N) is 3. The number of hydrogen-bond donors (Lipinski definition) is 1. The SMILES string of the molecule is CCCSc1nnc(NC(=O)CN(C)S(=O)(=O)c2ccc(SC)cc2)s1. The molecule has 11 heteroatoms. The van der Waals surface area contributed by atoms with Gasteiger partial charge in [-0.1, -0.05) is 30.0 Å². The topological polar surface area (TPSA) is 92.3 Å². The van der Waals surface area contributed by atoms with Gasteiger partial charge < -0.3 is 0 Å². The van der Waals surface area contributed by atoms with E-state index in [0.717, 1.165) is 25.7 Å². The van der Waals surface area contributed by atoms with Crippen LogP contribution in [0, 0.1) is 0 Å². The van der Waals surface area contributed by atoms with Gasteiger partial charge >= 0.3 is 0 Å². The average Bonchev–Trinajstić information content (AvgIpc) is 3.06. The van der Waals surface area contributed by atoms with Gasteiger partial charge in [0.1, 0.15) is 0 Å². The molecule has 0 spiro atoms. The van der Waals surface area contributed by atoms with Crippen LogP contribution in [0.5, 0.6) is 0 Å². The second-order valence-corrected chi connectivity index (χ2v) is 10.5. The zero-order chi connectivity index (χ0) is 19.2. The van der Waals surface area contributed by atoms with Crippen molar-refractivity contribution >= 4 is 55.9 Å². The number of aromatic nitrogens is 2. The molecule has 0 radical (unpaired) electrons. The molecule has 2 aromatic rings. The van der Waals surface area contributed by atoms with Crippen LogP contribution in [0.4, 0.5) is 5.13 Å². The molecule has 0 saturated heterocycles. The van der Waals surface area contributed by atoms with Crippen LogP contribution >= 0.6 is 34.9 Å². The van der Waals surface area contributed by atoms with Gasteiger partial charge in [0.15, 0.2) is 4.34 Å². The Morgan fingerprint density at radius 2 is 1.96 bits per heavy atom. The van der Waals surface area contributed by atoms with Crippen LogP contribution in [0.3, 0.4) is 0 Å². The van der Waals surface area contributed by atoms with Crippen LogP contribution in [0.2, 0.25) is 0 Å². The highest BCUT2D eigenvalue weighted by atomic mass is 32.2. The summed E-state index contributed by atoms with van der Waals surface area (Å²) in [5, 5.41) is 10.8. The zero-order valence-corrected chi connectivity index (χ0v) is 17.9. The molecule has 0 aliphatic rings. The molecule has 1 aromatic carbocycles. The summed E-state index contributed by atoms with van der Waals surface area (Å²) in [7, 11) is -2.36. The number of carbonyl (C=O) groups excluding carboxylic acids is 1. The molecule has 142 valence electrons. The number of benzene rings is 1. The second kappa shape index (κ2) is 9.70. The Labute approximate surface area is 166 Å². The van der Waals surface area contributed by atoms with E-state index >= 15 is 0 Å². The van der Waals surface area contributed by atoms with Crippen LogP contribution in [-0.4, -0.2) is 54.4 Å². The Morgan fingerprint density at radius 1 is 1.27 bits per heavy atom. The maximum Gasteiger partial charge on any atom is 0.243 e. The van der Waals surface area contributed by atoms with Crippen LogP contribution in [-0.2, 0) is 14.8 Å². The van der Waals surface area contributed by atoms with E-state index in [1.165, 1.54) is 42.3 Å². The van der Waals surface area contributed by atoms with E-state index in [1.807, 2.05) is 6.26 Å². The van der Waals surface area contributed by atoms with Crippen molar-refractivity contribution in [1.82, 2.24) is 14.5 Å². The predicted molar refractivity (Wildman–Crippen MR) is 108 cm³/mol. The standard InChI is InChI=1S/C15H20N4O3S4/c1-4-9-24-15-18-17-14(25-15)16-13(20)10-19(2)26(21,22)12-7-5-11(23-3)6-8-12/h5-8H,4,9-10H2,1-3H3,(H,16,17,20). The predicted octanol–water partition coefficient (Wildman–Crippen LogP) is 3.02. The molecule has 0 saturated carbocycles. The van der Waals surface area contributed by atoms with E-state index in [1.54, 1.807) is 23.9 Å². The quantitative estimate of drug-likeness (QED) is 0.481. The largest absolute Gasteiger partial charge is 0.299 e. The van der Waals surface area contributed by atoms with Crippen LogP contribution in [0.1, 0.15) is 13.3 Å². The summed E-state index contributed by atoms with van der Waals surface area (Å²) in [6.07, 6.45) is 2.94. The van der Waals surface area contributed by atoms with Crippen LogP contribution in [0.25, 0.3) is 0 Å². The van der Waals surface area contributed by atoms with Gasteiger partial charge in [-0.2, -0.15) is 4.31 Å². The lowest BCUT2D eigenvalue weighted by molar-refractivity contribution is -0.116. The minimum atomic E-state index is -3.73. The third-order valence-corrected chi connectivity index (χ3v) is 7.96. The van der Waals surface area contributed by atoms with E-state index in [-0.39, 0.29) is 11.4 Å². The van der Waals surface area contributed by atoms with Crippen LogP contribution in [0.15, 0.2) is 38.4 Å². The number of rotatable bonds is 9. The molecule has 0 unspecified atom stereocenters. The molecule has 0 bridgehead atoms. The van der Waals surface area contributed by atoms with Crippen molar-refractivity contribution in [3.63, 3.8) is 0 Å². The highest BCUT2D eigenvalue weighted by molar-refractivity contribution is 8.01. The normalized spacial score (nSPS) is 11.7. The van der Waals surface area contributed by atoms with Crippen molar-refractivity contribution in [3.05, 3.63) is 24.3 Å². The number of thioether (sulfide) groups is 2.